The van der Waals surface area contributed by atoms with Crippen LogP contribution in [0.3, 0.4) is 0 Å². The predicted molar refractivity (Wildman–Crippen MR) is 90.4 cm³/mol. The summed E-state index contributed by atoms with van der Waals surface area (Å²) < 4.78 is 0. The van der Waals surface area contributed by atoms with Crippen molar-refractivity contribution in [3.05, 3.63) is 70.0 Å². The third-order valence-corrected chi connectivity index (χ3v) is 3.86. The van der Waals surface area contributed by atoms with E-state index in [1.54, 1.807) is 36.5 Å². The fraction of sp³-hybridized carbons (Fsp3) is 0.294. The zero-order valence-corrected chi connectivity index (χ0v) is 13.7. The highest BCUT2D eigenvalue weighted by molar-refractivity contribution is 5.74. The molecule has 0 bridgehead atoms. The molecule has 0 unspecified atom stereocenters. The number of benzene rings is 1. The number of aromatic nitrogens is 1. The van der Waals surface area contributed by atoms with Crippen molar-refractivity contribution in [2.45, 2.75) is 25.9 Å². The van der Waals surface area contributed by atoms with E-state index in [1.807, 2.05) is 19.1 Å². The van der Waals surface area contributed by atoms with Crippen LogP contribution >= 0.6 is 0 Å². The van der Waals surface area contributed by atoms with E-state index >= 15 is 0 Å². The Morgan fingerprint density at radius 3 is 2.42 bits per heavy atom. The second-order valence-corrected chi connectivity index (χ2v) is 5.40. The number of carbonyl (C=O) groups excluding carboxylic acids is 1. The van der Waals surface area contributed by atoms with Crippen LogP contribution in [0.4, 0.5) is 10.5 Å². The largest absolute Gasteiger partial charge is 0.334 e. The summed E-state index contributed by atoms with van der Waals surface area (Å²) in [5.74, 6) is 0. The number of pyridine rings is 1. The van der Waals surface area contributed by atoms with Crippen molar-refractivity contribution in [1.82, 2.24) is 15.2 Å². The second-order valence-electron chi connectivity index (χ2n) is 5.40. The minimum absolute atomic E-state index is 0.0333. The lowest BCUT2D eigenvalue weighted by molar-refractivity contribution is -0.384. The van der Waals surface area contributed by atoms with Gasteiger partial charge in [-0.2, -0.15) is 0 Å². The molecule has 24 heavy (non-hydrogen) atoms. The van der Waals surface area contributed by atoms with Crippen molar-refractivity contribution in [2.75, 3.05) is 7.05 Å². The Labute approximate surface area is 140 Å². The van der Waals surface area contributed by atoms with Gasteiger partial charge in [-0.05, 0) is 29.7 Å². The summed E-state index contributed by atoms with van der Waals surface area (Å²) in [6, 6.07) is 9.69. The number of rotatable bonds is 6. The number of urea groups is 1. The third kappa shape index (κ3) is 4.28. The minimum atomic E-state index is -0.448. The molecule has 1 aromatic heterocycles. The maximum atomic E-state index is 12.4. The zero-order valence-electron chi connectivity index (χ0n) is 13.7. The van der Waals surface area contributed by atoms with Crippen molar-refractivity contribution in [3.8, 4) is 0 Å². The topological polar surface area (TPSA) is 88.4 Å². The molecule has 1 N–H and O–H groups in total. The smallest absolute Gasteiger partial charge is 0.317 e. The van der Waals surface area contributed by atoms with E-state index in [0.717, 1.165) is 17.5 Å². The van der Waals surface area contributed by atoms with E-state index in [4.69, 9.17) is 0 Å². The molecule has 1 heterocycles. The summed E-state index contributed by atoms with van der Waals surface area (Å²) in [6.07, 6.45) is 4.20. The van der Waals surface area contributed by atoms with Crippen LogP contribution in [0.25, 0.3) is 0 Å². The molecule has 7 nitrogen and oxygen atoms in total. The van der Waals surface area contributed by atoms with E-state index in [1.165, 1.54) is 12.1 Å². The van der Waals surface area contributed by atoms with Crippen LogP contribution in [-0.2, 0) is 6.54 Å². The van der Waals surface area contributed by atoms with E-state index in [0.29, 0.717) is 6.54 Å². The van der Waals surface area contributed by atoms with Crippen LogP contribution in [0.1, 0.15) is 30.5 Å². The van der Waals surface area contributed by atoms with Crippen molar-refractivity contribution in [2.24, 2.45) is 0 Å². The molecule has 2 amide bonds. The first-order valence-electron chi connectivity index (χ1n) is 7.66. The van der Waals surface area contributed by atoms with Gasteiger partial charge < -0.3 is 10.2 Å². The highest BCUT2D eigenvalue weighted by Crippen LogP contribution is 2.22. The highest BCUT2D eigenvalue weighted by atomic mass is 16.6. The van der Waals surface area contributed by atoms with Gasteiger partial charge in [-0.25, -0.2) is 4.79 Å². The van der Waals surface area contributed by atoms with Gasteiger partial charge in [0.25, 0.3) is 5.69 Å². The summed E-state index contributed by atoms with van der Waals surface area (Å²) in [5.41, 5.74) is 1.87. The zero-order chi connectivity index (χ0) is 17.5. The Morgan fingerprint density at radius 2 is 1.88 bits per heavy atom. The molecule has 0 saturated carbocycles. The van der Waals surface area contributed by atoms with Crippen molar-refractivity contribution < 1.29 is 9.72 Å². The maximum Gasteiger partial charge on any atom is 0.317 e. The lowest BCUT2D eigenvalue weighted by atomic mass is 10.1. The number of nitrogens with one attached hydrogen (secondary N) is 1. The molecule has 0 aliphatic rings. The summed E-state index contributed by atoms with van der Waals surface area (Å²) in [6.45, 7) is 2.33. The molecule has 1 atom stereocenters. The number of amides is 2. The normalized spacial score (nSPS) is 11.6. The van der Waals surface area contributed by atoms with Crippen LogP contribution in [0.2, 0.25) is 0 Å². The monoisotopic (exact) mass is 328 g/mol. The van der Waals surface area contributed by atoms with Gasteiger partial charge in [-0.1, -0.05) is 19.1 Å². The first kappa shape index (κ1) is 17.4. The number of nitro groups is 1. The predicted octanol–water partition coefficient (Wildman–Crippen LogP) is 3.28. The van der Waals surface area contributed by atoms with Crippen LogP contribution < -0.4 is 5.32 Å². The molecule has 0 spiro atoms. The molecular formula is C17H20N4O3. The van der Waals surface area contributed by atoms with Crippen LogP contribution in [0.15, 0.2) is 48.8 Å². The molecule has 0 fully saturated rings. The molecule has 0 saturated heterocycles. The molecular weight excluding hydrogens is 308 g/mol. The van der Waals surface area contributed by atoms with Crippen molar-refractivity contribution in [1.29, 1.82) is 0 Å². The standard InChI is InChI=1S/C17H20N4O3/c1-3-16(14-8-10-18-11-9-14)20(2)17(22)19-12-13-4-6-15(7-5-13)21(23)24/h4-11,16H,3,12H2,1-2H3,(H,19,22)/t16-/m1/s1. The molecule has 126 valence electrons. The van der Waals surface area contributed by atoms with E-state index in [-0.39, 0.29) is 17.8 Å². The number of nitrogens with zero attached hydrogens (tertiary/aromatic N) is 3. The van der Waals surface area contributed by atoms with Crippen LogP contribution in [0, 0.1) is 10.1 Å². The SMILES string of the molecule is CC[C@H](c1ccncc1)N(C)C(=O)NCc1ccc([N+](=O)[O-])cc1. The van der Waals surface area contributed by atoms with E-state index in [2.05, 4.69) is 10.3 Å². The summed E-state index contributed by atoms with van der Waals surface area (Å²) in [4.78, 5) is 28.2. The maximum absolute atomic E-state index is 12.4. The summed E-state index contributed by atoms with van der Waals surface area (Å²) in [5, 5.41) is 13.5. The number of hydrogen-bond acceptors (Lipinski definition) is 4. The Hall–Kier alpha value is -2.96. The van der Waals surface area contributed by atoms with Gasteiger partial charge in [0.05, 0.1) is 11.0 Å². The van der Waals surface area contributed by atoms with Crippen molar-refractivity contribution >= 4 is 11.7 Å². The first-order valence-corrected chi connectivity index (χ1v) is 7.66. The Balaban J connectivity index is 1.97. The Kier molecular flexibility index (Phi) is 5.83. The van der Waals surface area contributed by atoms with E-state index < -0.39 is 4.92 Å². The third-order valence-electron chi connectivity index (χ3n) is 3.86. The van der Waals surface area contributed by atoms with Gasteiger partial charge >= 0.3 is 6.03 Å². The van der Waals surface area contributed by atoms with Gasteiger partial charge in [-0.15, -0.1) is 0 Å². The first-order chi connectivity index (χ1) is 11.5. The van der Waals surface area contributed by atoms with E-state index in [9.17, 15) is 14.9 Å². The lowest BCUT2D eigenvalue weighted by Gasteiger charge is -2.27. The minimum Gasteiger partial charge on any atom is -0.334 e. The van der Waals surface area contributed by atoms with Gasteiger partial charge in [0.1, 0.15) is 0 Å². The second kappa shape index (κ2) is 8.05. The average molecular weight is 328 g/mol. The van der Waals surface area contributed by atoms with Gasteiger partial charge in [-0.3, -0.25) is 15.1 Å². The Bertz CT molecular complexity index is 689. The number of hydrogen-bond donors (Lipinski definition) is 1. The van der Waals surface area contributed by atoms with Gasteiger partial charge in [0.2, 0.25) is 0 Å². The Morgan fingerprint density at radius 1 is 1.25 bits per heavy atom. The molecule has 7 heteroatoms. The quantitative estimate of drug-likeness (QED) is 0.651. The fourth-order valence-electron chi connectivity index (χ4n) is 2.50. The highest BCUT2D eigenvalue weighted by Gasteiger charge is 2.19. The average Bonchev–Trinajstić information content (AvgIpc) is 2.61. The summed E-state index contributed by atoms with van der Waals surface area (Å²) >= 11 is 0. The molecule has 1 aromatic carbocycles. The van der Waals surface area contributed by atoms with Gasteiger partial charge in [0.15, 0.2) is 0 Å². The molecule has 0 radical (unpaired) electrons. The number of non-ortho nitro benzene ring substituents is 1. The van der Waals surface area contributed by atoms with Crippen molar-refractivity contribution in [3.63, 3.8) is 0 Å². The van der Waals surface area contributed by atoms with Crippen LogP contribution in [-0.4, -0.2) is 27.9 Å². The number of nitro benzene ring substituents is 1. The van der Waals surface area contributed by atoms with Gasteiger partial charge in [0, 0.05) is 38.1 Å². The fourth-order valence-corrected chi connectivity index (χ4v) is 2.50. The lowest BCUT2D eigenvalue weighted by Crippen LogP contribution is -2.39. The molecule has 0 aliphatic carbocycles. The number of carbonyl (C=O) groups is 1. The summed E-state index contributed by atoms with van der Waals surface area (Å²) in [7, 11) is 1.75. The molecule has 0 aliphatic heterocycles. The molecule has 2 rings (SSSR count). The van der Waals surface area contributed by atoms with Crippen LogP contribution in [0.5, 0.6) is 0 Å². The molecule has 2 aromatic rings.